The summed E-state index contributed by atoms with van der Waals surface area (Å²) in [7, 11) is 0. The summed E-state index contributed by atoms with van der Waals surface area (Å²) < 4.78 is 5.73. The molecule has 7 amide bonds. The van der Waals surface area contributed by atoms with Gasteiger partial charge in [-0.1, -0.05) is 37.3 Å². The number of nitrogens with zero attached hydrogens (tertiary/aromatic N) is 4. The summed E-state index contributed by atoms with van der Waals surface area (Å²) >= 11 is 0. The Labute approximate surface area is 313 Å². The zero-order valence-electron chi connectivity index (χ0n) is 30.6. The minimum atomic E-state index is -1.44. The van der Waals surface area contributed by atoms with Crippen LogP contribution in [-0.2, 0) is 39.9 Å². The second-order valence-electron chi connectivity index (χ2n) is 14.6. The summed E-state index contributed by atoms with van der Waals surface area (Å²) in [5.74, 6) is -3.48. The van der Waals surface area contributed by atoms with E-state index in [1.165, 1.54) is 27.1 Å². The monoisotopic (exact) mass is 744 g/mol. The van der Waals surface area contributed by atoms with Gasteiger partial charge in [-0.2, -0.15) is 0 Å². The Balaban J connectivity index is 1.30. The molecule has 0 saturated carbocycles. The van der Waals surface area contributed by atoms with Gasteiger partial charge >= 0.3 is 12.0 Å². The Hall–Kier alpha value is -5.54. The molecule has 4 fully saturated rings. The van der Waals surface area contributed by atoms with Crippen LogP contribution >= 0.6 is 0 Å². The van der Waals surface area contributed by atoms with E-state index in [1.54, 1.807) is 43.3 Å². The molecular formula is C38H48N8O8. The fourth-order valence-corrected chi connectivity index (χ4v) is 7.81. The molecule has 288 valence electrons. The van der Waals surface area contributed by atoms with Gasteiger partial charge in [-0.05, 0) is 69.1 Å². The number of rotatable bonds is 6. The molecule has 7 atom stereocenters. The number of benzene rings is 1. The second kappa shape index (κ2) is 17.1. The van der Waals surface area contributed by atoms with Crippen LogP contribution in [-0.4, -0.2) is 124 Å². The Bertz CT molecular complexity index is 1730. The Morgan fingerprint density at radius 3 is 2.31 bits per heavy atom. The number of fused-ring (bicyclic) bond motifs is 3. The normalized spacial score (nSPS) is 27.2. The van der Waals surface area contributed by atoms with Crippen LogP contribution in [0.1, 0.15) is 57.9 Å². The van der Waals surface area contributed by atoms with Crippen molar-refractivity contribution >= 4 is 47.2 Å². The van der Waals surface area contributed by atoms with Gasteiger partial charge in [0.25, 0.3) is 0 Å². The van der Waals surface area contributed by atoms with Crippen molar-refractivity contribution < 1.29 is 38.3 Å². The first-order valence-electron chi connectivity index (χ1n) is 18.7. The average molecular weight is 745 g/mol. The molecule has 1 aromatic heterocycles. The van der Waals surface area contributed by atoms with E-state index in [9.17, 15) is 33.6 Å². The number of nitrogens with one attached hydrogen (secondary N) is 4. The number of amides is 7. The maximum absolute atomic E-state index is 14.5. The first-order valence-corrected chi connectivity index (χ1v) is 18.7. The van der Waals surface area contributed by atoms with Crippen LogP contribution < -0.4 is 21.3 Å². The number of urea groups is 1. The summed E-state index contributed by atoms with van der Waals surface area (Å²) in [6, 6.07) is 5.22. The van der Waals surface area contributed by atoms with Crippen LogP contribution in [0.15, 0.2) is 54.9 Å². The van der Waals surface area contributed by atoms with Gasteiger partial charge in [-0.25, -0.2) is 9.59 Å². The number of pyridine rings is 1. The van der Waals surface area contributed by atoms with Crippen LogP contribution in [0.5, 0.6) is 0 Å². The number of carbonyl (C=O) groups excluding carboxylic acids is 7. The third kappa shape index (κ3) is 8.80. The van der Waals surface area contributed by atoms with E-state index in [0.29, 0.717) is 50.8 Å². The lowest BCUT2D eigenvalue weighted by Gasteiger charge is -2.39. The number of piperidine rings is 1. The predicted molar refractivity (Wildman–Crippen MR) is 194 cm³/mol. The van der Waals surface area contributed by atoms with Crippen LogP contribution in [0, 0.1) is 5.92 Å². The number of carbonyl (C=O) groups is 7. The molecule has 6 rings (SSSR count). The minimum Gasteiger partial charge on any atom is -0.461 e. The number of cyclic esters (lactones) is 1. The molecule has 0 radical (unpaired) electrons. The molecule has 4 saturated heterocycles. The molecule has 0 bridgehead atoms. The molecule has 2 aromatic rings. The van der Waals surface area contributed by atoms with Crippen molar-refractivity contribution in [1.82, 2.24) is 35.6 Å². The van der Waals surface area contributed by atoms with Crippen molar-refractivity contribution in [3.8, 4) is 0 Å². The van der Waals surface area contributed by atoms with E-state index in [1.807, 2.05) is 13.0 Å². The molecule has 0 aliphatic carbocycles. The van der Waals surface area contributed by atoms with Crippen LogP contribution in [0.25, 0.3) is 0 Å². The SMILES string of the molecule is C[C@@H]1C[C@H]2C(=O)OC[C@H](NC(=O)[C@H](Cc3ccccc3)NC(=O)Nc3ccncc3)C(=O)N3CCC[C@H]3C(=O)N3CCCC[C@H]3C(=O)N[C@@H](C)C(=O)N2C1. The molecule has 0 spiro atoms. The smallest absolute Gasteiger partial charge is 0.328 e. The van der Waals surface area contributed by atoms with Gasteiger partial charge in [-0.15, -0.1) is 0 Å². The van der Waals surface area contributed by atoms with Crippen molar-refractivity contribution in [3.63, 3.8) is 0 Å². The van der Waals surface area contributed by atoms with E-state index in [-0.39, 0.29) is 25.4 Å². The maximum atomic E-state index is 14.5. The Morgan fingerprint density at radius 2 is 1.56 bits per heavy atom. The van der Waals surface area contributed by atoms with E-state index >= 15 is 0 Å². The highest BCUT2D eigenvalue weighted by Crippen LogP contribution is 2.28. The summed E-state index contributed by atoms with van der Waals surface area (Å²) in [5.41, 5.74) is 1.18. The lowest BCUT2D eigenvalue weighted by Crippen LogP contribution is -2.62. The summed E-state index contributed by atoms with van der Waals surface area (Å²) in [4.78, 5) is 105. The van der Waals surface area contributed by atoms with Crippen molar-refractivity contribution in [3.05, 3.63) is 60.4 Å². The molecule has 16 heteroatoms. The van der Waals surface area contributed by atoms with Gasteiger partial charge in [-0.3, -0.25) is 29.0 Å². The summed E-state index contributed by atoms with van der Waals surface area (Å²) in [5, 5.41) is 10.9. The molecule has 54 heavy (non-hydrogen) atoms. The van der Waals surface area contributed by atoms with Crippen LogP contribution in [0.4, 0.5) is 10.5 Å². The number of ether oxygens (including phenoxy) is 1. The predicted octanol–water partition coefficient (Wildman–Crippen LogP) is 0.970. The number of anilines is 1. The maximum Gasteiger partial charge on any atom is 0.328 e. The highest BCUT2D eigenvalue weighted by Gasteiger charge is 2.46. The molecule has 5 heterocycles. The quantitative estimate of drug-likeness (QED) is 0.312. The van der Waals surface area contributed by atoms with Gasteiger partial charge in [0.15, 0.2) is 0 Å². The van der Waals surface area contributed by atoms with Crippen molar-refractivity contribution in [1.29, 1.82) is 0 Å². The highest BCUT2D eigenvalue weighted by atomic mass is 16.5. The summed E-state index contributed by atoms with van der Waals surface area (Å²) in [6.45, 7) is 3.66. The topological polar surface area (TPSA) is 199 Å². The molecule has 4 aliphatic rings. The first kappa shape index (κ1) is 38.2. The van der Waals surface area contributed by atoms with E-state index in [0.717, 1.165) is 5.56 Å². The molecular weight excluding hydrogens is 696 g/mol. The fraction of sp³-hybridized carbons (Fsp3) is 0.526. The average Bonchev–Trinajstić information content (AvgIpc) is 3.83. The molecule has 4 aliphatic heterocycles. The Morgan fingerprint density at radius 1 is 0.852 bits per heavy atom. The van der Waals surface area contributed by atoms with Crippen LogP contribution in [0.2, 0.25) is 0 Å². The van der Waals surface area contributed by atoms with Gasteiger partial charge in [0.05, 0.1) is 0 Å². The zero-order valence-corrected chi connectivity index (χ0v) is 30.6. The third-order valence-electron chi connectivity index (χ3n) is 10.6. The fourth-order valence-electron chi connectivity index (χ4n) is 7.81. The van der Waals surface area contributed by atoms with Gasteiger partial charge in [0.2, 0.25) is 29.5 Å². The molecule has 0 unspecified atom stereocenters. The van der Waals surface area contributed by atoms with Gasteiger partial charge < -0.3 is 40.7 Å². The van der Waals surface area contributed by atoms with Crippen LogP contribution in [0.3, 0.4) is 0 Å². The largest absolute Gasteiger partial charge is 0.461 e. The van der Waals surface area contributed by atoms with Crippen molar-refractivity contribution in [2.24, 2.45) is 5.92 Å². The molecule has 16 nitrogen and oxygen atoms in total. The number of esters is 1. The van der Waals surface area contributed by atoms with Gasteiger partial charge in [0, 0.05) is 44.1 Å². The third-order valence-corrected chi connectivity index (χ3v) is 10.6. The lowest BCUT2D eigenvalue weighted by molar-refractivity contribution is -0.158. The standard InChI is InChI=1S/C38H48N8O8/c1-23-19-31-37(52)54-22-28(42-32(47)27(20-25-9-4-3-5-10-25)43-38(53)41-26-13-15-39-16-14-26)35(50)45-18-8-12-30(45)36(51)44-17-7-6-11-29(44)33(48)40-24(2)34(49)46(31)21-23/h3-5,9-10,13-16,23-24,27-31H,6-8,11-12,17-22H2,1-2H3,(H,40,48)(H,42,47)(H2,39,41,43,53)/t23-,24+,27+,28+,29+,30+,31+/m1/s1. The molecule has 1 aromatic carbocycles. The van der Waals surface area contributed by atoms with Gasteiger partial charge in [0.1, 0.15) is 42.9 Å². The summed E-state index contributed by atoms with van der Waals surface area (Å²) in [6.07, 6.45) is 6.02. The van der Waals surface area contributed by atoms with Crippen molar-refractivity contribution in [2.45, 2.75) is 95.0 Å². The van der Waals surface area contributed by atoms with E-state index < -0.39 is 84.4 Å². The minimum absolute atomic E-state index is 0.0476. The zero-order chi connectivity index (χ0) is 38.4. The molecule has 4 N–H and O–H groups in total. The van der Waals surface area contributed by atoms with E-state index in [4.69, 9.17) is 4.74 Å². The van der Waals surface area contributed by atoms with Crippen molar-refractivity contribution in [2.75, 3.05) is 31.6 Å². The van der Waals surface area contributed by atoms with E-state index in [2.05, 4.69) is 26.3 Å². The number of aromatic nitrogens is 1. The number of hydrogen-bond donors (Lipinski definition) is 4. The second-order valence-corrected chi connectivity index (χ2v) is 14.6. The Kier molecular flexibility index (Phi) is 12.1. The first-order chi connectivity index (χ1) is 26.0. The highest BCUT2D eigenvalue weighted by molar-refractivity contribution is 5.98. The number of hydrogen-bond acceptors (Lipinski definition) is 9. The lowest BCUT2D eigenvalue weighted by atomic mass is 9.99.